The molecule has 144 valence electrons. The molecule has 0 amide bonds. The maximum Gasteiger partial charge on any atom is 0.340 e. The Balaban J connectivity index is 2.54. The van der Waals surface area contributed by atoms with Crippen LogP contribution in [-0.4, -0.2) is 28.6 Å². The highest BCUT2D eigenvalue weighted by atomic mass is 79.9. The summed E-state index contributed by atoms with van der Waals surface area (Å²) >= 11 is 3.59. The normalized spacial score (nSPS) is 12.4. The highest BCUT2D eigenvalue weighted by Crippen LogP contribution is 2.25. The van der Waals surface area contributed by atoms with E-state index in [-0.39, 0.29) is 5.56 Å². The number of benzene rings is 1. The summed E-state index contributed by atoms with van der Waals surface area (Å²) in [6.45, 7) is 3.77. The van der Waals surface area contributed by atoms with E-state index in [1.165, 1.54) is 19.2 Å². The van der Waals surface area contributed by atoms with Gasteiger partial charge in [-0.25, -0.2) is 9.18 Å². The van der Waals surface area contributed by atoms with Crippen molar-refractivity contribution in [3.63, 3.8) is 0 Å². The summed E-state index contributed by atoms with van der Waals surface area (Å²) in [4.78, 5) is 16.5. The number of rotatable bonds is 6. The van der Waals surface area contributed by atoms with Crippen LogP contribution in [0, 0.1) is 5.82 Å². The van der Waals surface area contributed by atoms with Crippen molar-refractivity contribution in [1.82, 2.24) is 9.78 Å². The van der Waals surface area contributed by atoms with Gasteiger partial charge in [-0.3, -0.25) is 9.67 Å². The van der Waals surface area contributed by atoms with Crippen LogP contribution in [0.1, 0.15) is 35.6 Å². The quantitative estimate of drug-likeness (QED) is 0.550. The van der Waals surface area contributed by atoms with Gasteiger partial charge in [-0.1, -0.05) is 6.92 Å². The van der Waals surface area contributed by atoms with Crippen LogP contribution in [0.4, 0.5) is 10.1 Å². The summed E-state index contributed by atoms with van der Waals surface area (Å²) in [5, 5.41) is 4.48. The maximum atomic E-state index is 13.6. The second kappa shape index (κ2) is 8.94. The molecule has 0 saturated heterocycles. The minimum atomic E-state index is -0.656. The molecule has 0 bridgehead atoms. The lowest BCUT2D eigenvalue weighted by Crippen LogP contribution is -2.09. The number of aliphatic imine (C=N–C) groups is 1. The number of hydrogen-bond donors (Lipinski definition) is 1. The zero-order valence-corrected chi connectivity index (χ0v) is 17.3. The zero-order valence-electron chi connectivity index (χ0n) is 15.7. The summed E-state index contributed by atoms with van der Waals surface area (Å²) in [6.07, 6.45) is 2.93. The molecule has 1 aromatic heterocycles. The van der Waals surface area contributed by atoms with E-state index >= 15 is 0 Å². The monoisotopic (exact) mass is 436 g/mol. The molecule has 0 aliphatic rings. The standard InChI is InChI=1S/C19H22BrFN4O2/c1-5-15-18(20)17(25(3)24-15)10-13(8-11(2)22)23-16-7-6-12(21)9-14(16)19(26)27-4/h6-9H,5,10,22H2,1-4H3. The SMILES string of the molecule is CCc1nn(C)c(CC(C=C(C)N)=Nc2ccc(F)cc2C(=O)OC)c1Br. The van der Waals surface area contributed by atoms with Crippen LogP contribution in [0.3, 0.4) is 0 Å². The van der Waals surface area contributed by atoms with Crippen molar-refractivity contribution in [2.24, 2.45) is 17.8 Å². The van der Waals surface area contributed by atoms with Gasteiger partial charge in [-0.2, -0.15) is 5.10 Å². The van der Waals surface area contributed by atoms with Crippen molar-refractivity contribution in [2.45, 2.75) is 26.7 Å². The largest absolute Gasteiger partial charge is 0.465 e. The summed E-state index contributed by atoms with van der Waals surface area (Å²) in [6, 6.07) is 3.80. The smallest absolute Gasteiger partial charge is 0.340 e. The van der Waals surface area contributed by atoms with Crippen molar-refractivity contribution in [3.8, 4) is 0 Å². The predicted octanol–water partition coefficient (Wildman–Crippen LogP) is 3.85. The second-order valence-corrected chi connectivity index (χ2v) is 6.80. The highest BCUT2D eigenvalue weighted by molar-refractivity contribution is 9.10. The Morgan fingerprint density at radius 3 is 2.74 bits per heavy atom. The number of halogens is 2. The van der Waals surface area contributed by atoms with E-state index in [0.29, 0.717) is 23.5 Å². The van der Waals surface area contributed by atoms with Gasteiger partial charge in [0.15, 0.2) is 0 Å². The number of carbonyl (C=O) groups is 1. The molecule has 0 spiro atoms. The minimum Gasteiger partial charge on any atom is -0.465 e. The third-order valence-electron chi connectivity index (χ3n) is 3.87. The molecule has 0 aliphatic carbocycles. The van der Waals surface area contributed by atoms with Gasteiger partial charge in [0.2, 0.25) is 0 Å². The van der Waals surface area contributed by atoms with E-state index in [9.17, 15) is 9.18 Å². The Kier molecular flexibility index (Phi) is 6.90. The first kappa shape index (κ1) is 20.8. The Morgan fingerprint density at radius 1 is 1.48 bits per heavy atom. The van der Waals surface area contributed by atoms with Gasteiger partial charge in [-0.05, 0) is 53.5 Å². The van der Waals surface area contributed by atoms with Crippen molar-refractivity contribution in [2.75, 3.05) is 7.11 Å². The van der Waals surface area contributed by atoms with Crippen molar-refractivity contribution in [3.05, 3.63) is 57.2 Å². The first-order valence-electron chi connectivity index (χ1n) is 8.36. The van der Waals surface area contributed by atoms with Crippen LogP contribution in [0.15, 0.2) is 39.4 Å². The van der Waals surface area contributed by atoms with Crippen LogP contribution in [0.25, 0.3) is 0 Å². The Bertz CT molecular complexity index is 915. The average molecular weight is 437 g/mol. The highest BCUT2D eigenvalue weighted by Gasteiger charge is 2.16. The number of esters is 1. The Hall–Kier alpha value is -2.48. The van der Waals surface area contributed by atoms with Crippen LogP contribution < -0.4 is 5.73 Å². The first-order valence-corrected chi connectivity index (χ1v) is 9.15. The molecule has 8 heteroatoms. The van der Waals surface area contributed by atoms with E-state index in [1.54, 1.807) is 17.7 Å². The fraction of sp³-hybridized carbons (Fsp3) is 0.316. The number of methoxy groups -OCH3 is 1. The molecule has 0 radical (unpaired) electrons. The lowest BCUT2D eigenvalue weighted by Gasteiger charge is -2.08. The van der Waals surface area contributed by atoms with Gasteiger partial charge >= 0.3 is 5.97 Å². The van der Waals surface area contributed by atoms with Gasteiger partial charge in [0.05, 0.1) is 34.2 Å². The molecule has 1 aromatic carbocycles. The Labute approximate surface area is 166 Å². The molecule has 6 nitrogen and oxygen atoms in total. The molecule has 1 heterocycles. The van der Waals surface area contributed by atoms with E-state index in [2.05, 4.69) is 26.0 Å². The number of allylic oxidation sites excluding steroid dienone is 2. The van der Waals surface area contributed by atoms with Crippen LogP contribution in [0.2, 0.25) is 0 Å². The lowest BCUT2D eigenvalue weighted by atomic mass is 10.1. The third-order valence-corrected chi connectivity index (χ3v) is 4.79. The Morgan fingerprint density at radius 2 is 2.19 bits per heavy atom. The fourth-order valence-corrected chi connectivity index (χ4v) is 3.36. The topological polar surface area (TPSA) is 82.5 Å². The average Bonchev–Trinajstić information content (AvgIpc) is 2.89. The molecule has 2 aromatic rings. The summed E-state index contributed by atoms with van der Waals surface area (Å²) in [7, 11) is 3.10. The third kappa shape index (κ3) is 5.03. The lowest BCUT2D eigenvalue weighted by molar-refractivity contribution is 0.0601. The van der Waals surface area contributed by atoms with E-state index in [4.69, 9.17) is 10.5 Å². The molecule has 2 rings (SSSR count). The van der Waals surface area contributed by atoms with E-state index < -0.39 is 11.8 Å². The van der Waals surface area contributed by atoms with Gasteiger partial charge in [0.1, 0.15) is 5.82 Å². The van der Waals surface area contributed by atoms with Crippen LogP contribution in [-0.2, 0) is 24.6 Å². The minimum absolute atomic E-state index is 0.0522. The molecular formula is C19H22BrFN4O2. The van der Waals surface area contributed by atoms with Crippen molar-refractivity contribution in [1.29, 1.82) is 0 Å². The molecule has 27 heavy (non-hydrogen) atoms. The van der Waals surface area contributed by atoms with Gasteiger partial charge in [-0.15, -0.1) is 0 Å². The summed E-state index contributed by atoms with van der Waals surface area (Å²) < 4.78 is 21.0. The summed E-state index contributed by atoms with van der Waals surface area (Å²) in [5.41, 5.74) is 9.25. The molecular weight excluding hydrogens is 415 g/mol. The van der Waals surface area contributed by atoms with Crippen LogP contribution in [0.5, 0.6) is 0 Å². The number of carbonyl (C=O) groups excluding carboxylic acids is 1. The molecule has 0 aliphatic heterocycles. The number of nitrogens with two attached hydrogens (primary N) is 1. The number of hydrogen-bond acceptors (Lipinski definition) is 5. The maximum absolute atomic E-state index is 13.6. The fourth-order valence-electron chi connectivity index (χ4n) is 2.60. The van der Waals surface area contributed by atoms with Crippen molar-refractivity contribution >= 4 is 33.3 Å². The van der Waals surface area contributed by atoms with Gasteiger partial charge in [0, 0.05) is 24.9 Å². The number of ether oxygens (including phenoxy) is 1. The van der Waals surface area contributed by atoms with E-state index in [1.807, 2.05) is 14.0 Å². The zero-order chi connectivity index (χ0) is 20.1. The van der Waals surface area contributed by atoms with Gasteiger partial charge in [0.25, 0.3) is 0 Å². The van der Waals surface area contributed by atoms with Gasteiger partial charge < -0.3 is 10.5 Å². The number of aromatic nitrogens is 2. The molecule has 0 saturated carbocycles. The number of nitrogens with zero attached hydrogens (tertiary/aromatic N) is 3. The number of aryl methyl sites for hydroxylation is 2. The molecule has 0 fully saturated rings. The summed E-state index contributed by atoms with van der Waals surface area (Å²) in [5.74, 6) is -1.19. The molecule has 2 N–H and O–H groups in total. The van der Waals surface area contributed by atoms with Crippen molar-refractivity contribution < 1.29 is 13.9 Å². The first-order chi connectivity index (χ1) is 12.8. The van der Waals surface area contributed by atoms with E-state index in [0.717, 1.165) is 28.3 Å². The molecule has 0 unspecified atom stereocenters. The second-order valence-electron chi connectivity index (χ2n) is 6.01. The molecule has 0 atom stereocenters. The predicted molar refractivity (Wildman–Crippen MR) is 107 cm³/mol. The van der Waals surface area contributed by atoms with Crippen LogP contribution >= 0.6 is 15.9 Å².